The summed E-state index contributed by atoms with van der Waals surface area (Å²) in [6.45, 7) is 3.50. The highest BCUT2D eigenvalue weighted by atomic mass is 15.0. The first-order valence-electron chi connectivity index (χ1n) is 2.51. The van der Waals surface area contributed by atoms with Crippen molar-refractivity contribution < 1.29 is 0 Å². The highest BCUT2D eigenvalue weighted by molar-refractivity contribution is 5.07. The minimum absolute atomic E-state index is 0.639. The van der Waals surface area contributed by atoms with Gasteiger partial charge < -0.3 is 0 Å². The molecule has 45 valence electrons. The Labute approximate surface area is 53.5 Å². The van der Waals surface area contributed by atoms with E-state index in [1.807, 2.05) is 0 Å². The maximum atomic E-state index is 3.82. The van der Waals surface area contributed by atoms with Crippen molar-refractivity contribution in [1.29, 1.82) is 0 Å². The molecule has 0 saturated heterocycles. The van der Waals surface area contributed by atoms with Crippen molar-refractivity contribution in [1.82, 2.24) is 15.0 Å². The van der Waals surface area contributed by atoms with Gasteiger partial charge in [-0.25, -0.2) is 15.0 Å². The zero-order valence-corrected chi connectivity index (χ0v) is 4.86. The van der Waals surface area contributed by atoms with Crippen molar-refractivity contribution in [3.05, 3.63) is 37.6 Å². The van der Waals surface area contributed by atoms with Crippen LogP contribution < -0.4 is 0 Å². The fourth-order valence-corrected chi connectivity index (χ4v) is 0.440. The van der Waals surface area contributed by atoms with Gasteiger partial charge in [0.05, 0.1) is 6.42 Å². The second-order valence-electron chi connectivity index (χ2n) is 1.40. The van der Waals surface area contributed by atoms with E-state index < -0.39 is 0 Å². The van der Waals surface area contributed by atoms with Gasteiger partial charge in [-0.2, -0.15) is 0 Å². The van der Waals surface area contributed by atoms with Gasteiger partial charge in [-0.15, -0.1) is 6.58 Å². The lowest BCUT2D eigenvalue weighted by Gasteiger charge is -1.87. The summed E-state index contributed by atoms with van der Waals surface area (Å²) in [4.78, 5) is 11.3. The number of nitrogens with zero attached hydrogens (tertiary/aromatic N) is 3. The average molecular weight is 120 g/mol. The number of aromatic nitrogens is 3. The van der Waals surface area contributed by atoms with E-state index in [0.29, 0.717) is 5.82 Å². The van der Waals surface area contributed by atoms with Crippen molar-refractivity contribution in [2.45, 2.75) is 0 Å². The third kappa shape index (κ3) is 1.60. The zero-order chi connectivity index (χ0) is 6.53. The molecule has 0 fully saturated rings. The minimum Gasteiger partial charge on any atom is -0.225 e. The van der Waals surface area contributed by atoms with Crippen LogP contribution in [0.1, 0.15) is 5.82 Å². The molecule has 0 N–H and O–H groups in total. The summed E-state index contributed by atoms with van der Waals surface area (Å²) in [6.07, 6.45) is 6.24. The minimum atomic E-state index is 0.639. The fraction of sp³-hybridized carbons (Fsp3) is 0. The summed E-state index contributed by atoms with van der Waals surface area (Å²) in [5, 5.41) is 0. The Kier molecular flexibility index (Phi) is 1.90. The van der Waals surface area contributed by atoms with Crippen LogP contribution in [0.3, 0.4) is 0 Å². The van der Waals surface area contributed by atoms with Crippen LogP contribution in [0.4, 0.5) is 0 Å². The zero-order valence-electron chi connectivity index (χ0n) is 4.86. The van der Waals surface area contributed by atoms with Crippen LogP contribution in [0.15, 0.2) is 25.3 Å². The Bertz CT molecular complexity index is 183. The predicted molar refractivity (Wildman–Crippen MR) is 33.4 cm³/mol. The molecule has 0 atom stereocenters. The molecule has 0 aromatic carbocycles. The van der Waals surface area contributed by atoms with Gasteiger partial charge in [0.2, 0.25) is 0 Å². The number of rotatable bonds is 2. The molecule has 0 aliphatic carbocycles. The van der Waals surface area contributed by atoms with E-state index >= 15 is 0 Å². The van der Waals surface area contributed by atoms with Crippen LogP contribution >= 0.6 is 0 Å². The van der Waals surface area contributed by atoms with Gasteiger partial charge in [0.25, 0.3) is 0 Å². The van der Waals surface area contributed by atoms with Gasteiger partial charge in [0, 0.05) is 0 Å². The molecule has 0 amide bonds. The molecule has 3 nitrogen and oxygen atoms in total. The SMILES string of the molecule is C=C[CH]c1ncncn1. The molecule has 1 aromatic heterocycles. The lowest BCUT2D eigenvalue weighted by molar-refractivity contribution is 0.994. The molecular weight excluding hydrogens is 114 g/mol. The first kappa shape index (κ1) is 5.88. The molecule has 0 unspecified atom stereocenters. The average Bonchev–Trinajstić information content (AvgIpc) is 1.91. The Morgan fingerprint density at radius 1 is 1.33 bits per heavy atom. The maximum absolute atomic E-state index is 3.82. The normalized spacial score (nSPS) is 8.89. The van der Waals surface area contributed by atoms with Crippen LogP contribution in [0.5, 0.6) is 0 Å². The van der Waals surface area contributed by atoms with E-state index in [0.717, 1.165) is 0 Å². The van der Waals surface area contributed by atoms with Gasteiger partial charge >= 0.3 is 0 Å². The monoisotopic (exact) mass is 120 g/mol. The molecular formula is C6H6N3. The summed E-state index contributed by atoms with van der Waals surface area (Å²) < 4.78 is 0. The number of allylic oxidation sites excluding steroid dienone is 1. The van der Waals surface area contributed by atoms with Gasteiger partial charge in [-0.1, -0.05) is 6.08 Å². The fourth-order valence-electron chi connectivity index (χ4n) is 0.440. The second-order valence-corrected chi connectivity index (χ2v) is 1.40. The van der Waals surface area contributed by atoms with E-state index in [1.165, 1.54) is 12.7 Å². The molecule has 0 spiro atoms. The molecule has 1 rings (SSSR count). The predicted octanol–water partition coefficient (Wildman–Crippen LogP) is 0.610. The molecule has 0 bridgehead atoms. The lowest BCUT2D eigenvalue weighted by Crippen LogP contribution is -1.89. The summed E-state index contributed by atoms with van der Waals surface area (Å²) in [7, 11) is 0. The topological polar surface area (TPSA) is 38.7 Å². The Morgan fingerprint density at radius 2 is 2.00 bits per heavy atom. The van der Waals surface area contributed by atoms with Crippen LogP contribution in [0.2, 0.25) is 0 Å². The van der Waals surface area contributed by atoms with Gasteiger partial charge in [-0.3, -0.25) is 0 Å². The van der Waals surface area contributed by atoms with Crippen molar-refractivity contribution in [3.8, 4) is 0 Å². The van der Waals surface area contributed by atoms with Crippen LogP contribution in [-0.4, -0.2) is 15.0 Å². The van der Waals surface area contributed by atoms with Crippen LogP contribution in [0, 0.1) is 6.42 Å². The Hall–Kier alpha value is -1.25. The summed E-state index contributed by atoms with van der Waals surface area (Å²) in [5.41, 5.74) is 0. The smallest absolute Gasteiger partial charge is 0.139 e. The molecule has 0 aliphatic rings. The Morgan fingerprint density at radius 3 is 2.56 bits per heavy atom. The van der Waals surface area contributed by atoms with Gasteiger partial charge in [0.15, 0.2) is 0 Å². The van der Waals surface area contributed by atoms with Crippen molar-refractivity contribution >= 4 is 0 Å². The summed E-state index contributed by atoms with van der Waals surface area (Å²) >= 11 is 0. The van der Waals surface area contributed by atoms with Gasteiger partial charge in [-0.05, 0) is 0 Å². The molecule has 9 heavy (non-hydrogen) atoms. The molecule has 3 heteroatoms. The van der Waals surface area contributed by atoms with E-state index in [4.69, 9.17) is 0 Å². The third-order valence-corrected chi connectivity index (χ3v) is 0.780. The highest BCUT2D eigenvalue weighted by Crippen LogP contribution is 1.88. The van der Waals surface area contributed by atoms with E-state index in [-0.39, 0.29) is 0 Å². The third-order valence-electron chi connectivity index (χ3n) is 0.780. The van der Waals surface area contributed by atoms with Gasteiger partial charge in [0.1, 0.15) is 18.5 Å². The largest absolute Gasteiger partial charge is 0.225 e. The number of hydrogen-bond donors (Lipinski definition) is 0. The van der Waals surface area contributed by atoms with Crippen LogP contribution in [0.25, 0.3) is 0 Å². The van der Waals surface area contributed by atoms with E-state index in [1.54, 1.807) is 12.5 Å². The molecule has 0 aliphatic heterocycles. The quantitative estimate of drug-likeness (QED) is 0.574. The summed E-state index contributed by atoms with van der Waals surface area (Å²) in [6, 6.07) is 0. The summed E-state index contributed by atoms with van der Waals surface area (Å²) in [5.74, 6) is 0.639. The Balaban J connectivity index is 2.72. The van der Waals surface area contributed by atoms with Crippen molar-refractivity contribution in [3.63, 3.8) is 0 Å². The van der Waals surface area contributed by atoms with E-state index in [2.05, 4.69) is 21.5 Å². The standard InChI is InChI=1S/C6H6N3/c1-2-3-6-8-4-7-5-9-6/h2-5H,1H2. The van der Waals surface area contributed by atoms with E-state index in [9.17, 15) is 0 Å². The second kappa shape index (κ2) is 2.91. The van der Waals surface area contributed by atoms with Crippen molar-refractivity contribution in [2.75, 3.05) is 0 Å². The lowest BCUT2D eigenvalue weighted by atomic mass is 10.4. The number of hydrogen-bond acceptors (Lipinski definition) is 3. The highest BCUT2D eigenvalue weighted by Gasteiger charge is 1.87. The van der Waals surface area contributed by atoms with Crippen molar-refractivity contribution in [2.24, 2.45) is 0 Å². The first-order chi connectivity index (χ1) is 4.43. The maximum Gasteiger partial charge on any atom is 0.139 e. The van der Waals surface area contributed by atoms with Crippen LogP contribution in [-0.2, 0) is 0 Å². The molecule has 0 saturated carbocycles. The molecule has 1 radical (unpaired) electrons. The first-order valence-corrected chi connectivity index (χ1v) is 2.51. The molecule has 1 heterocycles. The molecule has 1 aromatic rings.